The molecule has 0 saturated carbocycles. The van der Waals surface area contributed by atoms with Crippen LogP contribution < -0.4 is 10.9 Å². The highest BCUT2D eigenvalue weighted by Gasteiger charge is 2.03. The lowest BCUT2D eigenvalue weighted by molar-refractivity contribution is 0.605. The Labute approximate surface area is 113 Å². The molecular weight excluding hydrogens is 246 g/mol. The minimum atomic E-state index is -0.0867. The molecule has 102 valence electrons. The lowest BCUT2D eigenvalue weighted by Crippen LogP contribution is -2.15. The van der Waals surface area contributed by atoms with Gasteiger partial charge < -0.3 is 5.32 Å². The van der Waals surface area contributed by atoms with Crippen LogP contribution in [0.2, 0.25) is 0 Å². The lowest BCUT2D eigenvalue weighted by Gasteiger charge is -2.09. The Morgan fingerprint density at radius 3 is 2.72 bits per heavy atom. The molecule has 0 amide bonds. The summed E-state index contributed by atoms with van der Waals surface area (Å²) in [6, 6.07) is 1.57. The first-order chi connectivity index (χ1) is 8.47. The van der Waals surface area contributed by atoms with Gasteiger partial charge in [0, 0.05) is 18.4 Å². The molecule has 4 nitrogen and oxygen atoms in total. The second-order valence-corrected chi connectivity index (χ2v) is 6.62. The van der Waals surface area contributed by atoms with Crippen molar-refractivity contribution in [2.24, 2.45) is 5.92 Å². The topological polar surface area (TPSA) is 57.8 Å². The van der Waals surface area contributed by atoms with Gasteiger partial charge in [-0.1, -0.05) is 27.7 Å². The summed E-state index contributed by atoms with van der Waals surface area (Å²) >= 11 is 1.79. The Morgan fingerprint density at radius 1 is 1.39 bits per heavy atom. The van der Waals surface area contributed by atoms with Gasteiger partial charge in [0.25, 0.3) is 5.56 Å². The summed E-state index contributed by atoms with van der Waals surface area (Å²) in [6.07, 6.45) is 1.06. The third-order valence-corrected chi connectivity index (χ3v) is 3.50. The summed E-state index contributed by atoms with van der Waals surface area (Å²) < 4.78 is 0. The van der Waals surface area contributed by atoms with Gasteiger partial charge in [-0.25, -0.2) is 4.98 Å². The minimum absolute atomic E-state index is 0.0867. The van der Waals surface area contributed by atoms with Gasteiger partial charge in [0.05, 0.1) is 5.69 Å². The van der Waals surface area contributed by atoms with E-state index in [0.29, 0.717) is 17.1 Å². The van der Waals surface area contributed by atoms with Crippen molar-refractivity contribution in [3.05, 3.63) is 22.1 Å². The second kappa shape index (κ2) is 7.46. The van der Waals surface area contributed by atoms with Crippen LogP contribution in [0.5, 0.6) is 0 Å². The second-order valence-electron chi connectivity index (χ2n) is 5.05. The molecule has 0 saturated heterocycles. The molecule has 1 aromatic rings. The predicted molar refractivity (Wildman–Crippen MR) is 79.2 cm³/mol. The third kappa shape index (κ3) is 6.10. The van der Waals surface area contributed by atoms with E-state index in [2.05, 4.69) is 43.0 Å². The number of rotatable bonds is 7. The van der Waals surface area contributed by atoms with E-state index in [-0.39, 0.29) is 5.56 Å². The quantitative estimate of drug-likeness (QED) is 0.799. The number of hydrogen-bond donors (Lipinski definition) is 2. The molecule has 0 aliphatic rings. The monoisotopic (exact) mass is 269 g/mol. The molecule has 18 heavy (non-hydrogen) atoms. The summed E-state index contributed by atoms with van der Waals surface area (Å²) in [7, 11) is 0. The Kier molecular flexibility index (Phi) is 6.25. The van der Waals surface area contributed by atoms with Gasteiger partial charge >= 0.3 is 0 Å². The van der Waals surface area contributed by atoms with E-state index in [1.54, 1.807) is 17.8 Å². The average molecular weight is 269 g/mol. The van der Waals surface area contributed by atoms with E-state index in [1.165, 1.54) is 0 Å². The van der Waals surface area contributed by atoms with Gasteiger partial charge in [0.1, 0.15) is 0 Å². The zero-order valence-corrected chi connectivity index (χ0v) is 12.4. The van der Waals surface area contributed by atoms with Gasteiger partial charge in [-0.3, -0.25) is 9.78 Å². The van der Waals surface area contributed by atoms with Crippen LogP contribution in [0.15, 0.2) is 10.9 Å². The number of hydrogen-bond acceptors (Lipinski definition) is 4. The number of anilines is 1. The number of aromatic amines is 1. The smallest absolute Gasteiger partial charge is 0.252 e. The van der Waals surface area contributed by atoms with Crippen LogP contribution in [0.1, 0.15) is 39.8 Å². The van der Waals surface area contributed by atoms with E-state index in [0.717, 1.165) is 24.4 Å². The Hall–Kier alpha value is -0.970. The highest BCUT2D eigenvalue weighted by molar-refractivity contribution is 7.99. The van der Waals surface area contributed by atoms with Crippen LogP contribution in [0.3, 0.4) is 0 Å². The third-order valence-electron chi connectivity index (χ3n) is 2.37. The summed E-state index contributed by atoms with van der Waals surface area (Å²) in [6.45, 7) is 9.46. The summed E-state index contributed by atoms with van der Waals surface area (Å²) in [5.41, 5.74) is 0.751. The molecule has 0 unspecified atom stereocenters. The molecule has 0 aliphatic heterocycles. The number of aromatic nitrogens is 2. The SMILES string of the molecule is CC(C)CCNc1nc(CSC(C)C)cc(=O)[nH]1. The largest absolute Gasteiger partial charge is 0.356 e. The normalized spacial score (nSPS) is 11.2. The number of nitrogens with one attached hydrogen (secondary N) is 2. The molecule has 0 fully saturated rings. The van der Waals surface area contributed by atoms with Gasteiger partial charge in [-0.05, 0) is 17.6 Å². The number of thioether (sulfide) groups is 1. The Balaban J connectivity index is 2.60. The van der Waals surface area contributed by atoms with Gasteiger partial charge in [-0.15, -0.1) is 0 Å². The summed E-state index contributed by atoms with van der Waals surface area (Å²) in [4.78, 5) is 18.6. The predicted octanol–water partition coefficient (Wildman–Crippen LogP) is 2.87. The van der Waals surface area contributed by atoms with Crippen molar-refractivity contribution in [3.63, 3.8) is 0 Å². The molecule has 0 bridgehead atoms. The maximum Gasteiger partial charge on any atom is 0.252 e. The highest BCUT2D eigenvalue weighted by Crippen LogP contribution is 2.15. The molecule has 0 spiro atoms. The molecule has 5 heteroatoms. The lowest BCUT2D eigenvalue weighted by atomic mass is 10.1. The van der Waals surface area contributed by atoms with Crippen molar-refractivity contribution in [1.82, 2.24) is 9.97 Å². The van der Waals surface area contributed by atoms with E-state index in [4.69, 9.17) is 0 Å². The molecular formula is C13H23N3OS. The van der Waals surface area contributed by atoms with E-state index in [1.807, 2.05) is 0 Å². The van der Waals surface area contributed by atoms with Crippen LogP contribution in [-0.2, 0) is 5.75 Å². The molecule has 0 aliphatic carbocycles. The van der Waals surface area contributed by atoms with Crippen molar-refractivity contribution < 1.29 is 0 Å². The van der Waals surface area contributed by atoms with E-state index < -0.39 is 0 Å². The van der Waals surface area contributed by atoms with Crippen LogP contribution >= 0.6 is 11.8 Å². The van der Waals surface area contributed by atoms with Crippen molar-refractivity contribution in [2.75, 3.05) is 11.9 Å². The Bertz CT molecular complexity index is 415. The van der Waals surface area contributed by atoms with Crippen molar-refractivity contribution in [2.45, 2.75) is 45.1 Å². The molecule has 0 atom stereocenters. The highest BCUT2D eigenvalue weighted by atomic mass is 32.2. The number of nitrogens with zero attached hydrogens (tertiary/aromatic N) is 1. The van der Waals surface area contributed by atoms with Crippen LogP contribution in [0, 0.1) is 5.92 Å². The van der Waals surface area contributed by atoms with Gasteiger partial charge in [-0.2, -0.15) is 11.8 Å². The first-order valence-corrected chi connectivity index (χ1v) is 7.48. The van der Waals surface area contributed by atoms with Crippen LogP contribution in [0.4, 0.5) is 5.95 Å². The van der Waals surface area contributed by atoms with E-state index >= 15 is 0 Å². The first kappa shape index (κ1) is 15.1. The Morgan fingerprint density at radius 2 is 2.11 bits per heavy atom. The van der Waals surface area contributed by atoms with Gasteiger partial charge in [0.15, 0.2) is 0 Å². The maximum atomic E-state index is 11.5. The van der Waals surface area contributed by atoms with Crippen molar-refractivity contribution in [1.29, 1.82) is 0 Å². The molecule has 1 rings (SSSR count). The molecule has 0 radical (unpaired) electrons. The molecule has 0 aromatic carbocycles. The molecule has 1 heterocycles. The average Bonchev–Trinajstić information content (AvgIpc) is 2.25. The summed E-state index contributed by atoms with van der Waals surface area (Å²) in [5, 5.41) is 3.71. The summed E-state index contributed by atoms with van der Waals surface area (Å²) in [5.74, 6) is 2.01. The fourth-order valence-electron chi connectivity index (χ4n) is 1.40. The maximum absolute atomic E-state index is 11.5. The molecule has 2 N–H and O–H groups in total. The van der Waals surface area contributed by atoms with Crippen LogP contribution in [-0.4, -0.2) is 21.8 Å². The zero-order valence-electron chi connectivity index (χ0n) is 11.6. The zero-order chi connectivity index (χ0) is 13.5. The fraction of sp³-hybridized carbons (Fsp3) is 0.692. The fourth-order valence-corrected chi connectivity index (χ4v) is 2.05. The first-order valence-electron chi connectivity index (χ1n) is 6.43. The van der Waals surface area contributed by atoms with E-state index in [9.17, 15) is 4.79 Å². The minimum Gasteiger partial charge on any atom is -0.356 e. The van der Waals surface area contributed by atoms with Gasteiger partial charge in [0.2, 0.25) is 5.95 Å². The van der Waals surface area contributed by atoms with Crippen LogP contribution in [0.25, 0.3) is 0 Å². The number of H-pyrrole nitrogens is 1. The standard InChI is InChI=1S/C13H23N3OS/c1-9(2)5-6-14-13-15-11(7-12(17)16-13)8-18-10(3)4/h7,9-10H,5-6,8H2,1-4H3,(H2,14,15,16,17). The van der Waals surface area contributed by atoms with Crippen molar-refractivity contribution in [3.8, 4) is 0 Å². The van der Waals surface area contributed by atoms with Crippen molar-refractivity contribution >= 4 is 17.7 Å². The molecule has 1 aromatic heterocycles.